The molecule has 4 atom stereocenters. The van der Waals surface area contributed by atoms with Crippen LogP contribution >= 0.6 is 0 Å². The van der Waals surface area contributed by atoms with Gasteiger partial charge in [-0.2, -0.15) is 0 Å². The molecule has 1 aliphatic carbocycles. The van der Waals surface area contributed by atoms with Gasteiger partial charge in [-0.1, -0.05) is 13.8 Å². The van der Waals surface area contributed by atoms with E-state index in [0.29, 0.717) is 6.04 Å². The van der Waals surface area contributed by atoms with Gasteiger partial charge in [-0.15, -0.1) is 0 Å². The Bertz CT molecular complexity index is 330. The van der Waals surface area contributed by atoms with Crippen molar-refractivity contribution in [3.8, 4) is 0 Å². The van der Waals surface area contributed by atoms with Gasteiger partial charge in [0.15, 0.2) is 0 Å². The number of likely N-dealkylation sites (N-methyl/N-ethyl adjacent to an activating group) is 1. The van der Waals surface area contributed by atoms with E-state index < -0.39 is 0 Å². The summed E-state index contributed by atoms with van der Waals surface area (Å²) in [4.78, 5) is 5.63. The molecule has 3 fully saturated rings. The summed E-state index contributed by atoms with van der Waals surface area (Å²) in [5, 5.41) is 3.64. The van der Waals surface area contributed by atoms with E-state index in [-0.39, 0.29) is 0 Å². The molecule has 21 heavy (non-hydrogen) atoms. The summed E-state index contributed by atoms with van der Waals surface area (Å²) in [5.74, 6) is 1.78. The van der Waals surface area contributed by atoms with Crippen molar-refractivity contribution in [3.05, 3.63) is 0 Å². The maximum atomic E-state index is 3.64. The van der Waals surface area contributed by atoms with E-state index in [9.17, 15) is 0 Å². The van der Waals surface area contributed by atoms with E-state index in [1.807, 2.05) is 0 Å². The zero-order valence-corrected chi connectivity index (χ0v) is 14.4. The van der Waals surface area contributed by atoms with Crippen molar-refractivity contribution in [2.24, 2.45) is 11.8 Å². The first-order valence-electron chi connectivity index (χ1n) is 9.34. The summed E-state index contributed by atoms with van der Waals surface area (Å²) in [7, 11) is 2.17. The second kappa shape index (κ2) is 6.97. The first-order chi connectivity index (χ1) is 10.2. The summed E-state index contributed by atoms with van der Waals surface area (Å²) in [6.07, 6.45) is 8.43. The predicted octanol–water partition coefficient (Wildman–Crippen LogP) is 2.57. The second-order valence-electron chi connectivity index (χ2n) is 7.96. The lowest BCUT2D eigenvalue weighted by Crippen LogP contribution is -2.54. The monoisotopic (exact) mass is 293 g/mol. The van der Waals surface area contributed by atoms with Gasteiger partial charge in [-0.05, 0) is 77.0 Å². The molecule has 0 spiro atoms. The number of nitrogens with one attached hydrogen (secondary N) is 1. The molecule has 0 aromatic carbocycles. The molecule has 0 aromatic rings. The van der Waals surface area contributed by atoms with Gasteiger partial charge >= 0.3 is 0 Å². The van der Waals surface area contributed by atoms with Crippen molar-refractivity contribution in [3.63, 3.8) is 0 Å². The van der Waals surface area contributed by atoms with Gasteiger partial charge in [-0.3, -0.25) is 9.80 Å². The molecule has 3 aliphatic rings. The molecule has 0 amide bonds. The number of fused-ring (bicyclic) bond motifs is 1. The Labute approximate surface area is 131 Å². The van der Waals surface area contributed by atoms with Crippen molar-refractivity contribution in [1.82, 2.24) is 15.1 Å². The highest BCUT2D eigenvalue weighted by atomic mass is 15.3. The topological polar surface area (TPSA) is 18.5 Å². The lowest BCUT2D eigenvalue weighted by molar-refractivity contribution is 0.0795. The number of nitrogens with zero attached hydrogens (tertiary/aromatic N) is 2. The fourth-order valence-electron chi connectivity index (χ4n) is 5.06. The molecule has 1 saturated carbocycles. The van der Waals surface area contributed by atoms with Crippen molar-refractivity contribution < 1.29 is 0 Å². The molecule has 122 valence electrons. The minimum Gasteiger partial charge on any atom is -0.315 e. The predicted molar refractivity (Wildman–Crippen MR) is 89.6 cm³/mol. The van der Waals surface area contributed by atoms with Gasteiger partial charge in [-0.25, -0.2) is 0 Å². The van der Waals surface area contributed by atoms with Gasteiger partial charge in [0.25, 0.3) is 0 Å². The van der Waals surface area contributed by atoms with Crippen LogP contribution in [0, 0.1) is 11.8 Å². The van der Waals surface area contributed by atoms with Crippen LogP contribution in [0.15, 0.2) is 0 Å². The van der Waals surface area contributed by atoms with E-state index >= 15 is 0 Å². The summed E-state index contributed by atoms with van der Waals surface area (Å²) in [6.45, 7) is 10.2. The van der Waals surface area contributed by atoms with E-state index in [1.165, 1.54) is 64.7 Å². The quantitative estimate of drug-likeness (QED) is 0.863. The summed E-state index contributed by atoms with van der Waals surface area (Å²) in [5.41, 5.74) is 0. The van der Waals surface area contributed by atoms with Crippen LogP contribution in [0.4, 0.5) is 0 Å². The molecule has 0 radical (unpaired) electrons. The van der Waals surface area contributed by atoms with Gasteiger partial charge in [0.1, 0.15) is 0 Å². The smallest absolute Gasteiger partial charge is 0.0252 e. The first-order valence-corrected chi connectivity index (χ1v) is 9.34. The number of hydrogen-bond acceptors (Lipinski definition) is 3. The average molecular weight is 293 g/mol. The van der Waals surface area contributed by atoms with Crippen LogP contribution in [0.1, 0.15) is 52.4 Å². The van der Waals surface area contributed by atoms with Crippen LogP contribution < -0.4 is 5.32 Å². The highest BCUT2D eigenvalue weighted by Gasteiger charge is 2.37. The Morgan fingerprint density at radius 3 is 2.48 bits per heavy atom. The van der Waals surface area contributed by atoms with E-state index in [4.69, 9.17) is 0 Å². The zero-order chi connectivity index (χ0) is 14.8. The van der Waals surface area contributed by atoms with E-state index in [1.54, 1.807) is 0 Å². The Hall–Kier alpha value is -0.120. The normalized spacial score (nSPS) is 39.4. The standard InChI is InChI=1S/C18H35N3/c1-14(2)15-7-8-17(19-3)18(12-15)21-11-5-10-20-9-4-6-16(20)13-21/h14-19H,4-13H2,1-3H3. The van der Waals surface area contributed by atoms with Crippen LogP contribution in [0.2, 0.25) is 0 Å². The third kappa shape index (κ3) is 3.46. The molecular formula is C18H35N3. The number of hydrogen-bond donors (Lipinski definition) is 1. The van der Waals surface area contributed by atoms with Gasteiger partial charge in [0, 0.05) is 24.7 Å². The highest BCUT2D eigenvalue weighted by molar-refractivity contribution is 4.95. The minimum absolute atomic E-state index is 0.716. The van der Waals surface area contributed by atoms with Gasteiger partial charge in [0.05, 0.1) is 0 Å². The maximum absolute atomic E-state index is 3.64. The fraction of sp³-hybridized carbons (Fsp3) is 1.00. The second-order valence-corrected chi connectivity index (χ2v) is 7.96. The summed E-state index contributed by atoms with van der Waals surface area (Å²) in [6, 6.07) is 2.34. The van der Waals surface area contributed by atoms with Crippen molar-refractivity contribution >= 4 is 0 Å². The molecule has 0 bridgehead atoms. The van der Waals surface area contributed by atoms with Crippen molar-refractivity contribution in [1.29, 1.82) is 0 Å². The molecule has 3 rings (SSSR count). The SMILES string of the molecule is CNC1CCC(C(C)C)CC1N1CCCN2CCCC2C1. The summed E-state index contributed by atoms with van der Waals surface area (Å²) >= 11 is 0. The zero-order valence-electron chi connectivity index (χ0n) is 14.4. The summed E-state index contributed by atoms with van der Waals surface area (Å²) < 4.78 is 0. The molecule has 3 nitrogen and oxygen atoms in total. The maximum Gasteiger partial charge on any atom is 0.0252 e. The van der Waals surface area contributed by atoms with E-state index in [0.717, 1.165) is 23.9 Å². The minimum atomic E-state index is 0.716. The Morgan fingerprint density at radius 2 is 1.71 bits per heavy atom. The number of rotatable bonds is 3. The third-order valence-corrected chi connectivity index (χ3v) is 6.47. The molecular weight excluding hydrogens is 258 g/mol. The lowest BCUT2D eigenvalue weighted by Gasteiger charge is -2.44. The van der Waals surface area contributed by atoms with Crippen LogP contribution in [0.5, 0.6) is 0 Å². The van der Waals surface area contributed by atoms with Crippen LogP contribution in [0.3, 0.4) is 0 Å². The largest absolute Gasteiger partial charge is 0.315 e. The molecule has 3 heteroatoms. The highest BCUT2D eigenvalue weighted by Crippen LogP contribution is 2.34. The van der Waals surface area contributed by atoms with Gasteiger partial charge < -0.3 is 5.32 Å². The van der Waals surface area contributed by atoms with Crippen LogP contribution in [-0.4, -0.2) is 61.2 Å². The third-order valence-electron chi connectivity index (χ3n) is 6.47. The molecule has 2 heterocycles. The van der Waals surface area contributed by atoms with Crippen LogP contribution in [-0.2, 0) is 0 Å². The van der Waals surface area contributed by atoms with Gasteiger partial charge in [0.2, 0.25) is 0 Å². The Balaban J connectivity index is 1.69. The first kappa shape index (κ1) is 15.8. The molecule has 1 N–H and O–H groups in total. The molecule has 4 unspecified atom stereocenters. The fourth-order valence-corrected chi connectivity index (χ4v) is 5.06. The Morgan fingerprint density at radius 1 is 0.952 bits per heavy atom. The lowest BCUT2D eigenvalue weighted by atomic mass is 9.76. The van der Waals surface area contributed by atoms with Crippen molar-refractivity contribution in [2.45, 2.75) is 70.5 Å². The molecule has 2 saturated heterocycles. The average Bonchev–Trinajstić information content (AvgIpc) is 2.83. The van der Waals surface area contributed by atoms with E-state index in [2.05, 4.69) is 36.0 Å². The molecule has 2 aliphatic heterocycles. The van der Waals surface area contributed by atoms with Crippen molar-refractivity contribution in [2.75, 3.05) is 33.2 Å². The van der Waals surface area contributed by atoms with Crippen LogP contribution in [0.25, 0.3) is 0 Å². The molecule has 0 aromatic heterocycles. The Kier molecular flexibility index (Phi) is 5.23.